The zero-order valence-electron chi connectivity index (χ0n) is 11.9. The minimum absolute atomic E-state index is 0.330. The highest BCUT2D eigenvalue weighted by atomic mass is 16.5. The van der Waals surface area contributed by atoms with Gasteiger partial charge in [0.2, 0.25) is 0 Å². The molecule has 0 aliphatic rings. The van der Waals surface area contributed by atoms with E-state index in [-0.39, 0.29) is 0 Å². The van der Waals surface area contributed by atoms with Crippen molar-refractivity contribution >= 4 is 5.97 Å². The van der Waals surface area contributed by atoms with E-state index in [1.165, 1.54) is 32.1 Å². The van der Waals surface area contributed by atoms with E-state index in [4.69, 9.17) is 9.84 Å². The Balaban J connectivity index is 3.05. The molecule has 0 aliphatic carbocycles. The van der Waals surface area contributed by atoms with Gasteiger partial charge in [-0.2, -0.15) is 0 Å². The lowest BCUT2D eigenvalue weighted by atomic mass is 10.1. The summed E-state index contributed by atoms with van der Waals surface area (Å²) in [5, 5.41) is 12.0. The molecule has 0 aliphatic heterocycles. The quantitative estimate of drug-likeness (QED) is 0.499. The van der Waals surface area contributed by atoms with Gasteiger partial charge in [0.1, 0.15) is 0 Å². The van der Waals surface area contributed by atoms with Gasteiger partial charge in [-0.1, -0.05) is 26.2 Å². The summed E-state index contributed by atoms with van der Waals surface area (Å²) in [4.78, 5) is 10.5. The summed E-state index contributed by atoms with van der Waals surface area (Å²) in [5.74, 6) is -1.18. The van der Waals surface area contributed by atoms with E-state index in [1.54, 1.807) is 6.92 Å². The lowest BCUT2D eigenvalue weighted by Crippen LogP contribution is -2.16. The van der Waals surface area contributed by atoms with Crippen molar-refractivity contribution in [3.63, 3.8) is 0 Å². The highest BCUT2D eigenvalue weighted by Gasteiger charge is 2.09. The van der Waals surface area contributed by atoms with Gasteiger partial charge in [-0.3, -0.25) is 4.79 Å². The Kier molecular flexibility index (Phi) is 12.4. The first-order chi connectivity index (χ1) is 8.68. The largest absolute Gasteiger partial charge is 0.481 e. The minimum Gasteiger partial charge on any atom is -0.481 e. The van der Waals surface area contributed by atoms with Gasteiger partial charge in [-0.25, -0.2) is 0 Å². The van der Waals surface area contributed by atoms with Crippen LogP contribution in [0.4, 0.5) is 0 Å². The third kappa shape index (κ3) is 11.9. The van der Waals surface area contributed by atoms with Crippen LogP contribution in [0.25, 0.3) is 0 Å². The van der Waals surface area contributed by atoms with Crippen LogP contribution in [0.1, 0.15) is 52.4 Å². The molecule has 0 spiro atoms. The highest BCUT2D eigenvalue weighted by Crippen LogP contribution is 2.03. The van der Waals surface area contributed by atoms with Crippen molar-refractivity contribution in [1.29, 1.82) is 0 Å². The molecule has 0 bridgehead atoms. The van der Waals surface area contributed by atoms with Crippen LogP contribution in [0.5, 0.6) is 0 Å². The second-order valence-corrected chi connectivity index (χ2v) is 4.83. The first-order valence-electron chi connectivity index (χ1n) is 7.19. The zero-order valence-corrected chi connectivity index (χ0v) is 11.9. The SMILES string of the molecule is CCCNCCCCCCCOCC(C)C(=O)O. The number of aliphatic carboxylic acids is 1. The lowest BCUT2D eigenvalue weighted by Gasteiger charge is -2.07. The average molecular weight is 259 g/mol. The predicted octanol–water partition coefficient (Wildman–Crippen LogP) is 2.67. The summed E-state index contributed by atoms with van der Waals surface area (Å²) in [5.41, 5.74) is 0. The average Bonchev–Trinajstić information content (AvgIpc) is 2.35. The normalized spacial score (nSPS) is 12.6. The van der Waals surface area contributed by atoms with Crippen LogP contribution < -0.4 is 5.32 Å². The molecule has 0 rings (SSSR count). The summed E-state index contributed by atoms with van der Waals surface area (Å²) >= 11 is 0. The molecule has 18 heavy (non-hydrogen) atoms. The molecule has 1 atom stereocenters. The number of carbonyl (C=O) groups is 1. The van der Waals surface area contributed by atoms with Gasteiger partial charge in [-0.15, -0.1) is 0 Å². The van der Waals surface area contributed by atoms with E-state index in [1.807, 2.05) is 0 Å². The standard InChI is InChI=1S/C14H29NO3/c1-3-9-15-10-7-5-4-6-8-11-18-12-13(2)14(16)17/h13,15H,3-12H2,1-2H3,(H,16,17). The molecule has 0 radical (unpaired) electrons. The lowest BCUT2D eigenvalue weighted by molar-refractivity contribution is -0.143. The maximum atomic E-state index is 10.5. The summed E-state index contributed by atoms with van der Waals surface area (Å²) in [6, 6.07) is 0. The fourth-order valence-corrected chi connectivity index (χ4v) is 1.62. The molecule has 1 unspecified atom stereocenters. The topological polar surface area (TPSA) is 58.6 Å². The van der Waals surface area contributed by atoms with Crippen molar-refractivity contribution in [2.75, 3.05) is 26.3 Å². The number of unbranched alkanes of at least 4 members (excludes halogenated alkanes) is 4. The van der Waals surface area contributed by atoms with Crippen molar-refractivity contribution in [2.24, 2.45) is 5.92 Å². The summed E-state index contributed by atoms with van der Waals surface area (Å²) in [7, 11) is 0. The Morgan fingerprint density at radius 3 is 2.50 bits per heavy atom. The van der Waals surface area contributed by atoms with Crippen LogP contribution in [0.15, 0.2) is 0 Å². The molecule has 108 valence electrons. The first kappa shape index (κ1) is 17.4. The number of hydrogen-bond acceptors (Lipinski definition) is 3. The number of hydrogen-bond donors (Lipinski definition) is 2. The molecular formula is C14H29NO3. The van der Waals surface area contributed by atoms with Gasteiger partial charge < -0.3 is 15.2 Å². The van der Waals surface area contributed by atoms with E-state index in [9.17, 15) is 4.79 Å². The maximum absolute atomic E-state index is 10.5. The van der Waals surface area contributed by atoms with Gasteiger partial charge in [0.05, 0.1) is 12.5 Å². The van der Waals surface area contributed by atoms with Crippen molar-refractivity contribution in [3.05, 3.63) is 0 Å². The fourth-order valence-electron chi connectivity index (χ4n) is 1.62. The van der Waals surface area contributed by atoms with Crippen LogP contribution in [-0.2, 0) is 9.53 Å². The van der Waals surface area contributed by atoms with Gasteiger partial charge in [0.15, 0.2) is 0 Å². The van der Waals surface area contributed by atoms with E-state index < -0.39 is 11.9 Å². The summed E-state index contributed by atoms with van der Waals surface area (Å²) in [6.45, 7) is 7.11. The Morgan fingerprint density at radius 2 is 1.83 bits per heavy atom. The Morgan fingerprint density at radius 1 is 1.17 bits per heavy atom. The van der Waals surface area contributed by atoms with Crippen LogP contribution >= 0.6 is 0 Å². The molecule has 2 N–H and O–H groups in total. The van der Waals surface area contributed by atoms with Gasteiger partial charge in [0.25, 0.3) is 0 Å². The van der Waals surface area contributed by atoms with E-state index in [0.29, 0.717) is 13.2 Å². The molecule has 0 amide bonds. The van der Waals surface area contributed by atoms with E-state index in [2.05, 4.69) is 12.2 Å². The van der Waals surface area contributed by atoms with Crippen molar-refractivity contribution in [2.45, 2.75) is 52.4 Å². The highest BCUT2D eigenvalue weighted by molar-refractivity contribution is 5.69. The Labute approximate surface area is 111 Å². The van der Waals surface area contributed by atoms with Crippen LogP contribution in [-0.4, -0.2) is 37.4 Å². The predicted molar refractivity (Wildman–Crippen MR) is 73.9 cm³/mol. The molecule has 0 saturated carbocycles. The van der Waals surface area contributed by atoms with Crippen LogP contribution in [0, 0.1) is 5.92 Å². The fraction of sp³-hybridized carbons (Fsp3) is 0.929. The molecule has 0 aromatic heterocycles. The van der Waals surface area contributed by atoms with Gasteiger partial charge >= 0.3 is 5.97 Å². The first-order valence-corrected chi connectivity index (χ1v) is 7.19. The molecule has 0 aromatic carbocycles. The smallest absolute Gasteiger partial charge is 0.308 e. The number of ether oxygens (including phenoxy) is 1. The van der Waals surface area contributed by atoms with E-state index >= 15 is 0 Å². The van der Waals surface area contributed by atoms with Gasteiger partial charge in [-0.05, 0) is 39.3 Å². The minimum atomic E-state index is -0.783. The van der Waals surface area contributed by atoms with Crippen molar-refractivity contribution in [3.8, 4) is 0 Å². The number of carboxylic acids is 1. The van der Waals surface area contributed by atoms with Gasteiger partial charge in [0, 0.05) is 6.61 Å². The third-order valence-electron chi connectivity index (χ3n) is 2.86. The third-order valence-corrected chi connectivity index (χ3v) is 2.86. The second-order valence-electron chi connectivity index (χ2n) is 4.83. The molecule has 0 heterocycles. The molecule has 0 aromatic rings. The monoisotopic (exact) mass is 259 g/mol. The number of nitrogens with one attached hydrogen (secondary N) is 1. The second kappa shape index (κ2) is 12.8. The Bertz CT molecular complexity index is 197. The molecular weight excluding hydrogens is 230 g/mol. The molecule has 0 saturated heterocycles. The number of carboxylic acid groups (broad SMARTS) is 1. The summed E-state index contributed by atoms with van der Waals surface area (Å²) < 4.78 is 5.32. The van der Waals surface area contributed by atoms with Crippen LogP contribution in [0.3, 0.4) is 0 Å². The number of rotatable bonds is 13. The molecule has 0 fully saturated rings. The Hall–Kier alpha value is -0.610. The van der Waals surface area contributed by atoms with Crippen LogP contribution in [0.2, 0.25) is 0 Å². The van der Waals surface area contributed by atoms with Crippen molar-refractivity contribution in [1.82, 2.24) is 5.32 Å². The van der Waals surface area contributed by atoms with Crippen molar-refractivity contribution < 1.29 is 14.6 Å². The summed E-state index contributed by atoms with van der Waals surface area (Å²) in [6.07, 6.45) is 7.17. The molecule has 4 nitrogen and oxygen atoms in total. The zero-order chi connectivity index (χ0) is 13.6. The maximum Gasteiger partial charge on any atom is 0.308 e. The molecule has 4 heteroatoms. The van der Waals surface area contributed by atoms with E-state index in [0.717, 1.165) is 19.5 Å².